The molecular formula is C18H15N3S2. The number of nitriles is 1. The van der Waals surface area contributed by atoms with Gasteiger partial charge in [-0.25, -0.2) is 9.97 Å². The molecule has 3 nitrogen and oxygen atoms in total. The standard InChI is InChI=1S/C18H15N3S2/c1-11-20-17(22-10-13-5-2-4-12(8-13)9-19)16-14-6-3-7-15(14)23-18(16)21-11/h2,4-5,8H,3,6-7,10H2,1H3. The fourth-order valence-electron chi connectivity index (χ4n) is 3.05. The molecule has 1 aromatic carbocycles. The smallest absolute Gasteiger partial charge is 0.128 e. The molecule has 0 spiro atoms. The molecule has 0 saturated heterocycles. The van der Waals surface area contributed by atoms with Gasteiger partial charge in [0.15, 0.2) is 0 Å². The van der Waals surface area contributed by atoms with E-state index < -0.39 is 0 Å². The molecule has 0 bridgehead atoms. The van der Waals surface area contributed by atoms with Gasteiger partial charge >= 0.3 is 0 Å². The van der Waals surface area contributed by atoms with Crippen molar-refractivity contribution in [2.24, 2.45) is 0 Å². The van der Waals surface area contributed by atoms with E-state index in [2.05, 4.69) is 17.1 Å². The fourth-order valence-corrected chi connectivity index (χ4v) is 5.47. The highest BCUT2D eigenvalue weighted by atomic mass is 32.2. The minimum Gasteiger partial charge on any atom is -0.226 e. The van der Waals surface area contributed by atoms with Gasteiger partial charge in [-0.15, -0.1) is 23.1 Å². The fraction of sp³-hybridized carbons (Fsp3) is 0.278. The Morgan fingerprint density at radius 3 is 3.09 bits per heavy atom. The molecule has 5 heteroatoms. The number of benzene rings is 1. The molecule has 0 saturated carbocycles. The lowest BCUT2D eigenvalue weighted by Crippen LogP contribution is -1.93. The van der Waals surface area contributed by atoms with Crippen LogP contribution in [0.5, 0.6) is 0 Å². The summed E-state index contributed by atoms with van der Waals surface area (Å²) in [7, 11) is 0. The van der Waals surface area contributed by atoms with Gasteiger partial charge in [-0.1, -0.05) is 12.1 Å². The molecule has 3 aromatic rings. The van der Waals surface area contributed by atoms with E-state index in [9.17, 15) is 0 Å². The van der Waals surface area contributed by atoms with Gasteiger partial charge in [-0.2, -0.15) is 5.26 Å². The Hall–Kier alpha value is -1.90. The molecule has 114 valence electrons. The van der Waals surface area contributed by atoms with E-state index in [1.807, 2.05) is 36.5 Å². The summed E-state index contributed by atoms with van der Waals surface area (Å²) in [6, 6.07) is 10.0. The highest BCUT2D eigenvalue weighted by molar-refractivity contribution is 7.98. The number of thiophene rings is 1. The van der Waals surface area contributed by atoms with Crippen molar-refractivity contribution >= 4 is 33.3 Å². The second-order valence-corrected chi connectivity index (χ2v) is 7.76. The number of hydrogen-bond donors (Lipinski definition) is 0. The van der Waals surface area contributed by atoms with Gasteiger partial charge in [0.2, 0.25) is 0 Å². The van der Waals surface area contributed by atoms with Gasteiger partial charge in [0.25, 0.3) is 0 Å². The molecule has 0 amide bonds. The molecule has 0 radical (unpaired) electrons. The lowest BCUT2D eigenvalue weighted by atomic mass is 10.2. The van der Waals surface area contributed by atoms with Gasteiger partial charge in [0.05, 0.1) is 11.6 Å². The summed E-state index contributed by atoms with van der Waals surface area (Å²) < 4.78 is 0. The zero-order valence-electron chi connectivity index (χ0n) is 12.8. The maximum Gasteiger partial charge on any atom is 0.128 e. The normalized spacial score (nSPS) is 13.2. The van der Waals surface area contributed by atoms with Crippen molar-refractivity contribution in [1.82, 2.24) is 9.97 Å². The van der Waals surface area contributed by atoms with Crippen LogP contribution >= 0.6 is 23.1 Å². The van der Waals surface area contributed by atoms with Crippen LogP contribution in [0.3, 0.4) is 0 Å². The summed E-state index contributed by atoms with van der Waals surface area (Å²) >= 11 is 3.59. The molecule has 0 N–H and O–H groups in total. The minimum absolute atomic E-state index is 0.712. The van der Waals surface area contributed by atoms with Gasteiger partial charge in [0.1, 0.15) is 15.7 Å². The van der Waals surface area contributed by atoms with Crippen molar-refractivity contribution < 1.29 is 0 Å². The monoisotopic (exact) mass is 337 g/mol. The zero-order valence-corrected chi connectivity index (χ0v) is 14.4. The summed E-state index contributed by atoms with van der Waals surface area (Å²) in [5, 5.41) is 11.4. The molecule has 1 aliphatic carbocycles. The molecule has 0 atom stereocenters. The van der Waals surface area contributed by atoms with Crippen molar-refractivity contribution in [3.05, 3.63) is 51.7 Å². The quantitative estimate of drug-likeness (QED) is 0.515. The van der Waals surface area contributed by atoms with E-state index >= 15 is 0 Å². The Morgan fingerprint density at radius 2 is 2.22 bits per heavy atom. The number of hydrogen-bond acceptors (Lipinski definition) is 5. The first-order chi connectivity index (χ1) is 11.2. The average Bonchev–Trinajstić information content (AvgIpc) is 3.13. The zero-order chi connectivity index (χ0) is 15.8. The first kappa shape index (κ1) is 14.7. The summed E-state index contributed by atoms with van der Waals surface area (Å²) in [6.07, 6.45) is 3.59. The SMILES string of the molecule is Cc1nc(SCc2cccc(C#N)c2)c2c3c(sc2n1)CCC3. The summed E-state index contributed by atoms with van der Waals surface area (Å²) in [5.74, 6) is 1.66. The third kappa shape index (κ3) is 2.73. The van der Waals surface area contributed by atoms with E-state index in [1.54, 1.807) is 11.8 Å². The van der Waals surface area contributed by atoms with Crippen LogP contribution < -0.4 is 0 Å². The minimum atomic E-state index is 0.712. The van der Waals surface area contributed by atoms with Crippen molar-refractivity contribution in [2.75, 3.05) is 0 Å². The van der Waals surface area contributed by atoms with Crippen LogP contribution in [-0.2, 0) is 18.6 Å². The predicted molar refractivity (Wildman–Crippen MR) is 94.9 cm³/mol. The Balaban J connectivity index is 1.70. The van der Waals surface area contributed by atoms with Crippen LogP contribution in [-0.4, -0.2) is 9.97 Å². The van der Waals surface area contributed by atoms with Crippen LogP contribution in [0, 0.1) is 18.3 Å². The Morgan fingerprint density at radius 1 is 1.30 bits per heavy atom. The maximum atomic E-state index is 9.03. The molecule has 23 heavy (non-hydrogen) atoms. The number of fused-ring (bicyclic) bond motifs is 3. The number of thioether (sulfide) groups is 1. The molecule has 0 fully saturated rings. The topological polar surface area (TPSA) is 49.6 Å². The van der Waals surface area contributed by atoms with Crippen molar-refractivity contribution in [3.8, 4) is 6.07 Å². The highest BCUT2D eigenvalue weighted by Gasteiger charge is 2.21. The van der Waals surface area contributed by atoms with E-state index in [0.717, 1.165) is 33.4 Å². The number of aromatic nitrogens is 2. The van der Waals surface area contributed by atoms with E-state index in [4.69, 9.17) is 10.2 Å². The molecule has 0 aliphatic heterocycles. The average molecular weight is 337 g/mol. The molecular weight excluding hydrogens is 322 g/mol. The van der Waals surface area contributed by atoms with Crippen molar-refractivity contribution in [2.45, 2.75) is 37.0 Å². The summed E-state index contributed by atoms with van der Waals surface area (Å²) in [6.45, 7) is 1.96. The van der Waals surface area contributed by atoms with E-state index in [0.29, 0.717) is 5.56 Å². The summed E-state index contributed by atoms with van der Waals surface area (Å²) in [4.78, 5) is 12.0. The number of rotatable bonds is 3. The maximum absolute atomic E-state index is 9.03. The predicted octanol–water partition coefficient (Wildman–Crippen LogP) is 4.65. The van der Waals surface area contributed by atoms with E-state index in [1.165, 1.54) is 28.7 Å². The second-order valence-electron chi connectivity index (χ2n) is 5.71. The van der Waals surface area contributed by atoms with Crippen LogP contribution in [0.2, 0.25) is 0 Å². The number of nitrogens with zero attached hydrogens (tertiary/aromatic N) is 3. The van der Waals surface area contributed by atoms with E-state index in [-0.39, 0.29) is 0 Å². The van der Waals surface area contributed by atoms with Crippen LogP contribution in [0.15, 0.2) is 29.3 Å². The molecule has 2 heterocycles. The Bertz CT molecular complexity index is 937. The van der Waals surface area contributed by atoms with Gasteiger partial charge < -0.3 is 0 Å². The summed E-state index contributed by atoms with van der Waals surface area (Å²) in [5.41, 5.74) is 3.34. The molecule has 0 unspecified atom stereocenters. The van der Waals surface area contributed by atoms with Crippen LogP contribution in [0.4, 0.5) is 0 Å². The first-order valence-corrected chi connectivity index (χ1v) is 9.45. The Kier molecular flexibility index (Phi) is 3.80. The van der Waals surface area contributed by atoms with Gasteiger partial charge in [-0.3, -0.25) is 0 Å². The van der Waals surface area contributed by atoms with Crippen molar-refractivity contribution in [1.29, 1.82) is 5.26 Å². The van der Waals surface area contributed by atoms with Gasteiger partial charge in [0, 0.05) is 16.0 Å². The Labute approximate surface area is 143 Å². The molecule has 4 rings (SSSR count). The van der Waals surface area contributed by atoms with Gasteiger partial charge in [-0.05, 0) is 49.4 Å². The number of aryl methyl sites for hydroxylation is 3. The van der Waals surface area contributed by atoms with Crippen molar-refractivity contribution in [3.63, 3.8) is 0 Å². The first-order valence-electron chi connectivity index (χ1n) is 7.65. The van der Waals surface area contributed by atoms with Crippen LogP contribution in [0.25, 0.3) is 10.2 Å². The lowest BCUT2D eigenvalue weighted by molar-refractivity contribution is 0.914. The van der Waals surface area contributed by atoms with Crippen LogP contribution in [0.1, 0.15) is 33.8 Å². The third-order valence-corrected chi connectivity index (χ3v) is 6.31. The molecule has 1 aliphatic rings. The second kappa shape index (κ2) is 5.95. The highest BCUT2D eigenvalue weighted by Crippen LogP contribution is 2.41. The third-order valence-electron chi connectivity index (χ3n) is 4.07. The lowest BCUT2D eigenvalue weighted by Gasteiger charge is -2.06. The molecule has 2 aromatic heterocycles. The largest absolute Gasteiger partial charge is 0.226 e.